The molecule has 1 aromatic carbocycles. The average molecular weight is 207 g/mol. The standard InChI is InChI=1S/C12H17NO2/c1-9-5-6-10-11(13-14-2)4-3-7-15-12(10)8-9/h5-6,8,11,13H,3-4,7H2,1-2H3/t11-/m1/s1. The van der Waals surface area contributed by atoms with Gasteiger partial charge in [0.2, 0.25) is 0 Å². The lowest BCUT2D eigenvalue weighted by molar-refractivity contribution is 0.0579. The second kappa shape index (κ2) is 4.64. The molecule has 0 amide bonds. The lowest BCUT2D eigenvalue weighted by Gasteiger charge is -2.16. The third kappa shape index (κ3) is 2.30. The summed E-state index contributed by atoms with van der Waals surface area (Å²) in [4.78, 5) is 5.02. The first-order chi connectivity index (χ1) is 7.31. The fourth-order valence-electron chi connectivity index (χ4n) is 1.94. The first-order valence-electron chi connectivity index (χ1n) is 5.33. The van der Waals surface area contributed by atoms with Gasteiger partial charge in [0.05, 0.1) is 19.8 Å². The molecule has 0 fully saturated rings. The normalized spacial score (nSPS) is 20.3. The van der Waals surface area contributed by atoms with E-state index in [0.717, 1.165) is 25.2 Å². The van der Waals surface area contributed by atoms with Crippen LogP contribution in [-0.4, -0.2) is 13.7 Å². The third-order valence-corrected chi connectivity index (χ3v) is 2.70. The molecule has 1 atom stereocenters. The Labute approximate surface area is 90.3 Å². The summed E-state index contributed by atoms with van der Waals surface area (Å²) in [7, 11) is 1.65. The van der Waals surface area contributed by atoms with Gasteiger partial charge >= 0.3 is 0 Å². The summed E-state index contributed by atoms with van der Waals surface area (Å²) in [5, 5.41) is 0. The van der Waals surface area contributed by atoms with Gasteiger partial charge in [0.25, 0.3) is 0 Å². The van der Waals surface area contributed by atoms with Gasteiger partial charge in [-0.2, -0.15) is 5.48 Å². The lowest BCUT2D eigenvalue weighted by Crippen LogP contribution is -2.19. The van der Waals surface area contributed by atoms with Crippen molar-refractivity contribution in [3.8, 4) is 5.75 Å². The van der Waals surface area contributed by atoms with Gasteiger partial charge < -0.3 is 9.57 Å². The van der Waals surface area contributed by atoms with Crippen molar-refractivity contribution in [3.05, 3.63) is 29.3 Å². The van der Waals surface area contributed by atoms with Crippen LogP contribution < -0.4 is 10.2 Å². The van der Waals surface area contributed by atoms with E-state index >= 15 is 0 Å². The zero-order valence-corrected chi connectivity index (χ0v) is 9.25. The summed E-state index contributed by atoms with van der Waals surface area (Å²) in [6.07, 6.45) is 2.10. The summed E-state index contributed by atoms with van der Waals surface area (Å²) < 4.78 is 5.71. The predicted octanol–water partition coefficient (Wildman–Crippen LogP) is 2.36. The maximum atomic E-state index is 5.71. The van der Waals surface area contributed by atoms with Gasteiger partial charge in [0, 0.05) is 5.56 Å². The minimum Gasteiger partial charge on any atom is -0.493 e. The van der Waals surface area contributed by atoms with Crippen molar-refractivity contribution in [2.45, 2.75) is 25.8 Å². The van der Waals surface area contributed by atoms with E-state index in [-0.39, 0.29) is 6.04 Å². The quantitative estimate of drug-likeness (QED) is 0.755. The van der Waals surface area contributed by atoms with Crippen LogP contribution in [0.1, 0.15) is 30.0 Å². The number of nitrogens with one attached hydrogen (secondary N) is 1. The van der Waals surface area contributed by atoms with E-state index in [2.05, 4.69) is 30.6 Å². The van der Waals surface area contributed by atoms with Gasteiger partial charge in [-0.25, -0.2) is 0 Å². The molecule has 0 saturated heterocycles. The fraction of sp³-hybridized carbons (Fsp3) is 0.500. The molecule has 2 rings (SSSR count). The van der Waals surface area contributed by atoms with Crippen molar-refractivity contribution in [1.82, 2.24) is 5.48 Å². The van der Waals surface area contributed by atoms with Crippen molar-refractivity contribution in [2.75, 3.05) is 13.7 Å². The molecule has 1 aliphatic rings. The molecule has 0 aliphatic carbocycles. The smallest absolute Gasteiger partial charge is 0.124 e. The van der Waals surface area contributed by atoms with E-state index in [1.165, 1.54) is 11.1 Å². The minimum absolute atomic E-state index is 0.244. The number of hydroxylamine groups is 1. The molecule has 0 aromatic heterocycles. The third-order valence-electron chi connectivity index (χ3n) is 2.70. The van der Waals surface area contributed by atoms with E-state index in [0.29, 0.717) is 0 Å². The Bertz CT molecular complexity index is 338. The summed E-state index contributed by atoms with van der Waals surface area (Å²) in [5.74, 6) is 0.988. The number of hydrogen-bond acceptors (Lipinski definition) is 3. The molecule has 1 heterocycles. The van der Waals surface area contributed by atoms with E-state index < -0.39 is 0 Å². The van der Waals surface area contributed by atoms with E-state index in [1.54, 1.807) is 7.11 Å². The van der Waals surface area contributed by atoms with Gasteiger partial charge in [-0.15, -0.1) is 0 Å². The summed E-state index contributed by atoms with van der Waals surface area (Å²) in [6, 6.07) is 6.56. The van der Waals surface area contributed by atoms with Gasteiger partial charge in [0.15, 0.2) is 0 Å². The Balaban J connectivity index is 2.32. The Morgan fingerprint density at radius 1 is 1.47 bits per heavy atom. The second-order valence-corrected chi connectivity index (χ2v) is 3.91. The maximum Gasteiger partial charge on any atom is 0.124 e. The number of fused-ring (bicyclic) bond motifs is 1. The molecule has 0 saturated carbocycles. The van der Waals surface area contributed by atoms with Crippen molar-refractivity contribution < 1.29 is 9.57 Å². The van der Waals surface area contributed by atoms with Crippen LogP contribution in [0.2, 0.25) is 0 Å². The van der Waals surface area contributed by atoms with Crippen LogP contribution >= 0.6 is 0 Å². The van der Waals surface area contributed by atoms with Crippen LogP contribution in [0.5, 0.6) is 5.75 Å². The Morgan fingerprint density at radius 2 is 2.33 bits per heavy atom. The zero-order valence-electron chi connectivity index (χ0n) is 9.25. The molecule has 82 valence electrons. The Hall–Kier alpha value is -1.06. The van der Waals surface area contributed by atoms with E-state index in [1.807, 2.05) is 0 Å². The molecule has 0 spiro atoms. The molecule has 1 N–H and O–H groups in total. The van der Waals surface area contributed by atoms with Gasteiger partial charge in [-0.05, 0) is 31.4 Å². The predicted molar refractivity (Wildman–Crippen MR) is 58.8 cm³/mol. The van der Waals surface area contributed by atoms with Gasteiger partial charge in [-0.1, -0.05) is 12.1 Å². The molecule has 1 aliphatic heterocycles. The molecule has 3 heteroatoms. The molecule has 0 bridgehead atoms. The Morgan fingerprint density at radius 3 is 3.13 bits per heavy atom. The summed E-state index contributed by atoms with van der Waals surface area (Å²) in [5.41, 5.74) is 5.44. The lowest BCUT2D eigenvalue weighted by atomic mass is 10.0. The highest BCUT2D eigenvalue weighted by molar-refractivity contribution is 5.39. The van der Waals surface area contributed by atoms with Crippen LogP contribution in [-0.2, 0) is 4.84 Å². The van der Waals surface area contributed by atoms with Crippen LogP contribution in [0.25, 0.3) is 0 Å². The summed E-state index contributed by atoms with van der Waals surface area (Å²) in [6.45, 7) is 2.87. The fourth-order valence-corrected chi connectivity index (χ4v) is 1.94. The summed E-state index contributed by atoms with van der Waals surface area (Å²) >= 11 is 0. The van der Waals surface area contributed by atoms with Gasteiger partial charge in [0.1, 0.15) is 5.75 Å². The molecule has 15 heavy (non-hydrogen) atoms. The second-order valence-electron chi connectivity index (χ2n) is 3.91. The minimum atomic E-state index is 0.244. The molecular formula is C12H17NO2. The number of hydrogen-bond donors (Lipinski definition) is 1. The van der Waals surface area contributed by atoms with E-state index in [4.69, 9.17) is 9.57 Å². The SMILES string of the molecule is CON[C@@H]1CCCOc2cc(C)ccc21. The number of rotatable bonds is 2. The van der Waals surface area contributed by atoms with E-state index in [9.17, 15) is 0 Å². The van der Waals surface area contributed by atoms with Crippen LogP contribution in [0.4, 0.5) is 0 Å². The number of ether oxygens (including phenoxy) is 1. The zero-order chi connectivity index (χ0) is 10.7. The highest BCUT2D eigenvalue weighted by Crippen LogP contribution is 2.31. The highest BCUT2D eigenvalue weighted by atomic mass is 16.6. The average Bonchev–Trinajstić information content (AvgIpc) is 2.41. The Kier molecular flexibility index (Phi) is 3.23. The number of benzene rings is 1. The van der Waals surface area contributed by atoms with Crippen LogP contribution in [0.3, 0.4) is 0 Å². The van der Waals surface area contributed by atoms with Gasteiger partial charge in [-0.3, -0.25) is 0 Å². The largest absolute Gasteiger partial charge is 0.493 e. The van der Waals surface area contributed by atoms with Crippen LogP contribution in [0, 0.1) is 6.92 Å². The van der Waals surface area contributed by atoms with Crippen molar-refractivity contribution in [1.29, 1.82) is 0 Å². The van der Waals surface area contributed by atoms with Crippen molar-refractivity contribution in [3.63, 3.8) is 0 Å². The van der Waals surface area contributed by atoms with Crippen LogP contribution in [0.15, 0.2) is 18.2 Å². The molecule has 0 radical (unpaired) electrons. The topological polar surface area (TPSA) is 30.5 Å². The van der Waals surface area contributed by atoms with Crippen molar-refractivity contribution in [2.24, 2.45) is 0 Å². The van der Waals surface area contributed by atoms with Crippen molar-refractivity contribution >= 4 is 0 Å². The molecule has 3 nitrogen and oxygen atoms in total. The molecular weight excluding hydrogens is 190 g/mol. The highest BCUT2D eigenvalue weighted by Gasteiger charge is 2.19. The number of aryl methyl sites for hydroxylation is 1. The molecule has 0 unspecified atom stereocenters. The maximum absolute atomic E-state index is 5.71. The first kappa shape index (κ1) is 10.5. The first-order valence-corrected chi connectivity index (χ1v) is 5.33. The monoisotopic (exact) mass is 207 g/mol. The molecule has 1 aromatic rings.